The van der Waals surface area contributed by atoms with Crippen LogP contribution < -0.4 is 24.9 Å². The number of pyridine rings is 1. The Morgan fingerprint density at radius 3 is 2.59 bits per heavy atom. The van der Waals surface area contributed by atoms with Crippen molar-refractivity contribution in [1.82, 2.24) is 19.6 Å². The number of sulfonamides is 1. The number of aromatic nitrogens is 2. The van der Waals surface area contributed by atoms with Gasteiger partial charge in [0.1, 0.15) is 22.8 Å². The fourth-order valence-corrected chi connectivity index (χ4v) is 9.56. The molecule has 5 aromatic rings. The van der Waals surface area contributed by atoms with Crippen LogP contribution in [0.1, 0.15) is 54.4 Å². The normalized spacial score (nSPS) is 19.3. The molecule has 0 radical (unpaired) electrons. The largest absolute Gasteiger partial charge is 0.455 e. The lowest BCUT2D eigenvalue weighted by Crippen LogP contribution is -2.56. The predicted molar refractivity (Wildman–Crippen MR) is 229 cm³/mol. The van der Waals surface area contributed by atoms with Gasteiger partial charge in [-0.15, -0.1) is 0 Å². The highest BCUT2D eigenvalue weighted by Crippen LogP contribution is 2.39. The van der Waals surface area contributed by atoms with Gasteiger partial charge in [0.25, 0.3) is 21.6 Å². The first kappa shape index (κ1) is 40.5. The van der Waals surface area contributed by atoms with Crippen molar-refractivity contribution in [3.8, 4) is 11.5 Å². The molecule has 3 aliphatic rings. The van der Waals surface area contributed by atoms with E-state index in [-0.39, 0.29) is 21.9 Å². The van der Waals surface area contributed by atoms with Gasteiger partial charge in [0.05, 0.1) is 16.7 Å². The summed E-state index contributed by atoms with van der Waals surface area (Å²) in [6.45, 7) is 8.46. The highest BCUT2D eigenvalue weighted by molar-refractivity contribution is 7.90. The number of allylic oxidation sites excluding steroid dienone is 2. The Balaban J connectivity index is 0.981. The number of ether oxygens (including phenoxy) is 2. The molecule has 3 aromatic carbocycles. The first-order valence-corrected chi connectivity index (χ1v) is 22.0. The molecule has 8 rings (SSSR count). The maximum Gasteiger partial charge on any atom is 0.277 e. The maximum atomic E-state index is 13.9. The van der Waals surface area contributed by atoms with Gasteiger partial charge in [0.15, 0.2) is 0 Å². The van der Waals surface area contributed by atoms with E-state index in [1.54, 1.807) is 30.6 Å². The average Bonchev–Trinajstić information content (AvgIpc) is 3.72. The standard InChI is InChI=1S/C44H48ClN7O6S/c1-29-2-9-38(31-3-5-34(45)6-4-31)33(22-29)28-51-16-18-52(19-17-51)35-7-10-39(42(24-35)58-36-23-32-12-15-46-43(32)48-27-36)44(53)50-59(55,56)37-8-11-40(41(25-37)49-54)47-26-30-13-20-57-21-14-30/h2-8,10-12,15,23-25,27,30,33,38,47H,9,13-14,16-22,26,28H2,1H3,(H,46,48)(H,50,53)/p+1/t33-,38-/m0/s1. The van der Waals surface area contributed by atoms with E-state index < -0.39 is 15.9 Å². The molecule has 1 aliphatic carbocycles. The summed E-state index contributed by atoms with van der Waals surface area (Å²) in [5.74, 6) is 0.995. The van der Waals surface area contributed by atoms with Gasteiger partial charge in [0, 0.05) is 97.0 Å². The Morgan fingerprint density at radius 1 is 1.02 bits per heavy atom. The van der Waals surface area contributed by atoms with Crippen LogP contribution in [0.2, 0.25) is 5.02 Å². The zero-order valence-electron chi connectivity index (χ0n) is 33.0. The number of benzene rings is 3. The zero-order chi connectivity index (χ0) is 40.9. The number of fused-ring (bicyclic) bond motifs is 1. The lowest BCUT2D eigenvalue weighted by atomic mass is 9.76. The van der Waals surface area contributed by atoms with Crippen molar-refractivity contribution < 1.29 is 27.9 Å². The fraction of sp³-hybridized carbons (Fsp3) is 0.364. The highest BCUT2D eigenvalue weighted by atomic mass is 35.5. The summed E-state index contributed by atoms with van der Waals surface area (Å²) in [4.78, 5) is 37.9. The number of anilines is 2. The van der Waals surface area contributed by atoms with Crippen LogP contribution in [0.15, 0.2) is 102 Å². The first-order valence-electron chi connectivity index (χ1n) is 20.2. The second-order valence-corrected chi connectivity index (χ2v) is 17.9. The van der Waals surface area contributed by atoms with Crippen molar-refractivity contribution in [2.24, 2.45) is 11.8 Å². The first-order chi connectivity index (χ1) is 28.6. The van der Waals surface area contributed by atoms with E-state index >= 15 is 0 Å². The monoisotopic (exact) mass is 838 g/mol. The van der Waals surface area contributed by atoms with Gasteiger partial charge in [-0.25, -0.2) is 18.1 Å². The quantitative estimate of drug-likeness (QED) is 0.0940. The third-order valence-corrected chi connectivity index (χ3v) is 13.4. The van der Waals surface area contributed by atoms with E-state index in [0.717, 1.165) is 74.5 Å². The summed E-state index contributed by atoms with van der Waals surface area (Å²) in [5, 5.41) is 6.66. The molecular weight excluding hydrogens is 790 g/mol. The molecule has 59 heavy (non-hydrogen) atoms. The average molecular weight is 839 g/mol. The number of halogens is 1. The summed E-state index contributed by atoms with van der Waals surface area (Å²) >= 11 is 6.21. The molecule has 0 bridgehead atoms. The molecule has 13 nitrogen and oxygen atoms in total. The molecular formula is C44H49ClN7O6S+. The molecule has 2 aromatic heterocycles. The van der Waals surface area contributed by atoms with Crippen LogP contribution in [0.5, 0.6) is 11.5 Å². The van der Waals surface area contributed by atoms with Crippen LogP contribution in [0.3, 0.4) is 0 Å². The molecule has 308 valence electrons. The number of piperazine rings is 1. The third-order valence-electron chi connectivity index (χ3n) is 11.8. The third kappa shape index (κ3) is 9.62. The van der Waals surface area contributed by atoms with Crippen LogP contribution >= 0.6 is 11.6 Å². The maximum absolute atomic E-state index is 13.9. The van der Waals surface area contributed by atoms with Crippen LogP contribution in [0.25, 0.3) is 11.0 Å². The van der Waals surface area contributed by atoms with E-state index in [1.807, 2.05) is 29.4 Å². The number of nitroso groups, excluding NO2 is 1. The summed E-state index contributed by atoms with van der Waals surface area (Å²) < 4.78 is 41.2. The van der Waals surface area contributed by atoms with Gasteiger partial charge < -0.3 is 24.7 Å². The molecule has 0 saturated carbocycles. The number of H-pyrrole nitrogens is 1. The number of amides is 1. The second kappa shape index (κ2) is 17.9. The smallest absolute Gasteiger partial charge is 0.277 e. The minimum absolute atomic E-state index is 0.0241. The van der Waals surface area contributed by atoms with E-state index in [0.29, 0.717) is 54.6 Å². The van der Waals surface area contributed by atoms with Gasteiger partial charge in [-0.2, -0.15) is 0 Å². The molecule has 2 saturated heterocycles. The Hall–Kier alpha value is -5.28. The van der Waals surface area contributed by atoms with Crippen LogP contribution in [-0.4, -0.2) is 81.7 Å². The van der Waals surface area contributed by atoms with E-state index in [4.69, 9.17) is 21.1 Å². The van der Waals surface area contributed by atoms with Crippen LogP contribution in [0.4, 0.5) is 17.1 Å². The number of hydrogen-bond acceptors (Lipinski definition) is 10. The zero-order valence-corrected chi connectivity index (χ0v) is 34.5. The minimum atomic E-state index is -4.40. The van der Waals surface area contributed by atoms with Gasteiger partial charge in [-0.05, 0) is 104 Å². The Bertz CT molecular complexity index is 2440. The van der Waals surface area contributed by atoms with Crippen molar-refractivity contribution >= 4 is 55.6 Å². The van der Waals surface area contributed by atoms with Crippen molar-refractivity contribution in [3.63, 3.8) is 0 Å². The van der Waals surface area contributed by atoms with Gasteiger partial charge >= 0.3 is 0 Å². The minimum Gasteiger partial charge on any atom is -0.455 e. The lowest BCUT2D eigenvalue weighted by molar-refractivity contribution is -0.378. The number of carbonyl (C=O) groups excluding carboxylic acids is 1. The van der Waals surface area contributed by atoms with Crippen molar-refractivity contribution in [2.75, 3.05) is 62.7 Å². The van der Waals surface area contributed by atoms with Crippen LogP contribution in [0, 0.1) is 16.7 Å². The van der Waals surface area contributed by atoms with Gasteiger partial charge in [-0.1, -0.05) is 35.4 Å². The van der Waals surface area contributed by atoms with Gasteiger partial charge in [-0.3, -0.25) is 9.69 Å². The number of rotatable bonds is 13. The van der Waals surface area contributed by atoms with Crippen molar-refractivity contribution in [1.29, 1.82) is 0 Å². The molecule has 4 heterocycles. The molecule has 2 aliphatic heterocycles. The molecule has 2 fully saturated rings. The summed E-state index contributed by atoms with van der Waals surface area (Å²) in [5.41, 5.74) is 4.85. The molecule has 0 unspecified atom stereocenters. The summed E-state index contributed by atoms with van der Waals surface area (Å²) in [6, 6.07) is 21.2. The number of nitrogens with one attached hydrogen (secondary N) is 4. The predicted octanol–water partition coefficient (Wildman–Crippen LogP) is 6.71. The lowest BCUT2D eigenvalue weighted by Gasteiger charge is -2.40. The molecule has 1 amide bonds. The summed E-state index contributed by atoms with van der Waals surface area (Å²) in [6.07, 6.45) is 9.58. The Labute approximate surface area is 349 Å². The summed E-state index contributed by atoms with van der Waals surface area (Å²) in [7, 11) is -4.40. The molecule has 2 atom stereocenters. The second-order valence-electron chi connectivity index (χ2n) is 15.7. The highest BCUT2D eigenvalue weighted by Gasteiger charge is 2.30. The van der Waals surface area contributed by atoms with Gasteiger partial charge in [0.2, 0.25) is 0 Å². The number of aromatic amines is 1. The number of hydrogen-bond donors (Lipinski definition) is 4. The van der Waals surface area contributed by atoms with E-state index in [1.165, 1.54) is 29.3 Å². The SMILES string of the molecule is CC1=CC[C@@H](c2ccc(Cl)cc2)[C@H](CN2CCN(c3ccc(C(=O)NS(=O)(=O)c4ccc(NCC5CCOCC5)c([NH+]=O)c4)c(Oc4cnc5[nH]ccc5c4)c3)CC2)C1. The number of carbonyl (C=O) groups is 1. The topological polar surface area (TPSA) is 160 Å². The molecule has 15 heteroatoms. The van der Waals surface area contributed by atoms with Crippen molar-refractivity contribution in [3.05, 3.63) is 118 Å². The Morgan fingerprint density at radius 2 is 1.81 bits per heavy atom. The van der Waals surface area contributed by atoms with E-state index in [9.17, 15) is 18.1 Å². The Kier molecular flexibility index (Phi) is 12.3. The fourth-order valence-electron chi connectivity index (χ4n) is 8.44. The van der Waals surface area contributed by atoms with E-state index in [2.05, 4.69) is 54.9 Å². The van der Waals surface area contributed by atoms with Crippen LogP contribution in [-0.2, 0) is 14.8 Å². The van der Waals surface area contributed by atoms with Crippen molar-refractivity contribution in [2.45, 2.75) is 43.4 Å². The molecule has 0 spiro atoms. The number of nitrogens with zero attached hydrogens (tertiary/aromatic N) is 3. The molecule has 4 N–H and O–H groups in total.